The van der Waals surface area contributed by atoms with Crippen molar-refractivity contribution in [1.29, 1.82) is 0 Å². The van der Waals surface area contributed by atoms with Crippen LogP contribution >= 0.6 is 11.3 Å². The predicted molar refractivity (Wildman–Crippen MR) is 92.4 cm³/mol. The second-order valence-corrected chi connectivity index (χ2v) is 6.53. The first-order chi connectivity index (χ1) is 11.1. The molecule has 0 aliphatic rings. The summed E-state index contributed by atoms with van der Waals surface area (Å²) in [6, 6.07) is 5.73. The van der Waals surface area contributed by atoms with Crippen molar-refractivity contribution < 1.29 is 4.74 Å². The molecule has 23 heavy (non-hydrogen) atoms. The molecule has 3 heterocycles. The summed E-state index contributed by atoms with van der Waals surface area (Å²) >= 11 is 1.67. The van der Waals surface area contributed by atoms with Crippen molar-refractivity contribution in [3.63, 3.8) is 0 Å². The van der Waals surface area contributed by atoms with E-state index >= 15 is 0 Å². The molecule has 0 saturated heterocycles. The summed E-state index contributed by atoms with van der Waals surface area (Å²) in [5.41, 5.74) is 7.92. The van der Waals surface area contributed by atoms with E-state index in [0.29, 0.717) is 24.1 Å². The molecule has 0 saturated carbocycles. The van der Waals surface area contributed by atoms with E-state index in [2.05, 4.69) is 28.8 Å². The summed E-state index contributed by atoms with van der Waals surface area (Å²) < 4.78 is 5.81. The molecule has 0 atom stereocenters. The maximum Gasteiger partial charge on any atom is 0.166 e. The molecule has 118 valence electrons. The molecule has 3 aromatic rings. The summed E-state index contributed by atoms with van der Waals surface area (Å²) in [7, 11) is 0. The molecular weight excluding hydrogens is 308 g/mol. The van der Waals surface area contributed by atoms with Crippen LogP contribution in [0.2, 0.25) is 0 Å². The molecule has 0 aliphatic heterocycles. The van der Waals surface area contributed by atoms with Gasteiger partial charge >= 0.3 is 0 Å². The number of anilines is 1. The zero-order valence-electron chi connectivity index (χ0n) is 13.1. The van der Waals surface area contributed by atoms with Crippen LogP contribution in [0.4, 0.5) is 5.82 Å². The van der Waals surface area contributed by atoms with E-state index in [1.807, 2.05) is 24.4 Å². The van der Waals surface area contributed by atoms with Gasteiger partial charge in [0.25, 0.3) is 0 Å². The maximum absolute atomic E-state index is 5.92. The molecule has 0 radical (unpaired) electrons. The molecule has 3 aromatic heterocycles. The highest BCUT2D eigenvalue weighted by Crippen LogP contribution is 2.33. The monoisotopic (exact) mass is 326 g/mol. The highest BCUT2D eigenvalue weighted by molar-refractivity contribution is 7.15. The van der Waals surface area contributed by atoms with E-state index < -0.39 is 0 Å². The minimum Gasteiger partial charge on any atom is -0.485 e. The molecule has 0 aromatic carbocycles. The number of pyridine rings is 2. The van der Waals surface area contributed by atoms with E-state index in [9.17, 15) is 0 Å². The molecule has 5 nitrogen and oxygen atoms in total. The van der Waals surface area contributed by atoms with Gasteiger partial charge in [0, 0.05) is 36.3 Å². The molecule has 0 unspecified atom stereocenters. The molecule has 3 rings (SSSR count). The zero-order valence-corrected chi connectivity index (χ0v) is 13.9. The van der Waals surface area contributed by atoms with Gasteiger partial charge in [-0.05, 0) is 23.8 Å². The van der Waals surface area contributed by atoms with Gasteiger partial charge in [0.1, 0.15) is 6.61 Å². The Morgan fingerprint density at radius 3 is 2.65 bits per heavy atom. The molecular formula is C17H18N4OS. The second-order valence-electron chi connectivity index (χ2n) is 5.47. The first-order valence-corrected chi connectivity index (χ1v) is 8.18. The summed E-state index contributed by atoms with van der Waals surface area (Å²) in [5.74, 6) is 1.38. The van der Waals surface area contributed by atoms with Crippen molar-refractivity contribution in [2.75, 3.05) is 5.73 Å². The van der Waals surface area contributed by atoms with Crippen molar-refractivity contribution >= 4 is 17.2 Å². The Balaban J connectivity index is 1.81. The van der Waals surface area contributed by atoms with Crippen LogP contribution in [0.3, 0.4) is 0 Å². The fourth-order valence-electron chi connectivity index (χ4n) is 2.03. The SMILES string of the molecule is CC(C)c1ncc(-c2cnc(N)c(OCc3ccncc3)c2)s1. The highest BCUT2D eigenvalue weighted by atomic mass is 32.1. The molecule has 0 bridgehead atoms. The number of rotatable bonds is 5. The molecule has 6 heteroatoms. The van der Waals surface area contributed by atoms with Crippen molar-refractivity contribution in [3.05, 3.63) is 53.6 Å². The Bertz CT molecular complexity index is 786. The summed E-state index contributed by atoms with van der Waals surface area (Å²) in [6.45, 7) is 4.69. The van der Waals surface area contributed by atoms with Gasteiger partial charge in [0.05, 0.1) is 9.88 Å². The third-order valence-electron chi connectivity index (χ3n) is 3.33. The van der Waals surface area contributed by atoms with Gasteiger partial charge < -0.3 is 10.5 Å². The molecule has 0 amide bonds. The number of thiazole rings is 1. The van der Waals surface area contributed by atoms with Crippen LogP contribution in [0, 0.1) is 0 Å². The number of nitrogens with zero attached hydrogens (tertiary/aromatic N) is 3. The number of ether oxygens (including phenoxy) is 1. The smallest absolute Gasteiger partial charge is 0.166 e. The number of nitrogens with two attached hydrogens (primary N) is 1. The lowest BCUT2D eigenvalue weighted by Crippen LogP contribution is -2.00. The van der Waals surface area contributed by atoms with Crippen LogP contribution in [0.5, 0.6) is 5.75 Å². The summed E-state index contributed by atoms with van der Waals surface area (Å²) in [5, 5.41) is 1.11. The number of hydrogen-bond donors (Lipinski definition) is 1. The van der Waals surface area contributed by atoms with E-state index in [4.69, 9.17) is 10.5 Å². The lowest BCUT2D eigenvalue weighted by molar-refractivity contribution is 0.307. The molecule has 0 spiro atoms. The van der Waals surface area contributed by atoms with Crippen LogP contribution in [-0.4, -0.2) is 15.0 Å². The average Bonchev–Trinajstić information content (AvgIpc) is 3.05. The van der Waals surface area contributed by atoms with Crippen molar-refractivity contribution in [1.82, 2.24) is 15.0 Å². The fraction of sp³-hybridized carbons (Fsp3) is 0.235. The lowest BCUT2D eigenvalue weighted by Gasteiger charge is -2.09. The maximum atomic E-state index is 5.92. The third kappa shape index (κ3) is 3.65. The Labute approximate surface area is 139 Å². The van der Waals surface area contributed by atoms with Gasteiger partial charge in [-0.1, -0.05) is 13.8 Å². The first kappa shape index (κ1) is 15.4. The normalized spacial score (nSPS) is 10.9. The van der Waals surface area contributed by atoms with Gasteiger partial charge in [-0.2, -0.15) is 0 Å². The van der Waals surface area contributed by atoms with Crippen molar-refractivity contribution in [3.8, 4) is 16.2 Å². The Kier molecular flexibility index (Phi) is 4.52. The first-order valence-electron chi connectivity index (χ1n) is 7.37. The highest BCUT2D eigenvalue weighted by Gasteiger charge is 2.11. The van der Waals surface area contributed by atoms with Gasteiger partial charge in [-0.25, -0.2) is 9.97 Å². The standard InChI is InChI=1S/C17H18N4OS/c1-11(2)17-21-9-15(23-17)13-7-14(16(18)20-8-13)22-10-12-3-5-19-6-4-12/h3-9,11H,10H2,1-2H3,(H2,18,20). The minimum atomic E-state index is 0.386. The number of nitrogen functional groups attached to an aromatic ring is 1. The van der Waals surface area contributed by atoms with Crippen molar-refractivity contribution in [2.45, 2.75) is 26.4 Å². The van der Waals surface area contributed by atoms with Crippen LogP contribution in [-0.2, 0) is 6.61 Å². The zero-order chi connectivity index (χ0) is 16.2. The Morgan fingerprint density at radius 1 is 1.17 bits per heavy atom. The predicted octanol–water partition coefficient (Wildman–Crippen LogP) is 3.88. The van der Waals surface area contributed by atoms with Crippen LogP contribution in [0.15, 0.2) is 43.0 Å². The minimum absolute atomic E-state index is 0.386. The van der Waals surface area contributed by atoms with Gasteiger partial charge in [0.15, 0.2) is 11.6 Å². The van der Waals surface area contributed by atoms with Gasteiger partial charge in [-0.15, -0.1) is 11.3 Å². The van der Waals surface area contributed by atoms with Crippen LogP contribution in [0.25, 0.3) is 10.4 Å². The van der Waals surface area contributed by atoms with Gasteiger partial charge in [0.2, 0.25) is 0 Å². The average molecular weight is 326 g/mol. The topological polar surface area (TPSA) is 73.9 Å². The Hall–Kier alpha value is -2.47. The quantitative estimate of drug-likeness (QED) is 0.770. The van der Waals surface area contributed by atoms with Crippen LogP contribution < -0.4 is 10.5 Å². The largest absolute Gasteiger partial charge is 0.485 e. The molecule has 2 N–H and O–H groups in total. The second kappa shape index (κ2) is 6.75. The van der Waals surface area contributed by atoms with E-state index in [1.165, 1.54) is 0 Å². The number of hydrogen-bond acceptors (Lipinski definition) is 6. The Morgan fingerprint density at radius 2 is 1.96 bits per heavy atom. The fourth-order valence-corrected chi connectivity index (χ4v) is 2.93. The molecule has 0 fully saturated rings. The lowest BCUT2D eigenvalue weighted by atomic mass is 10.2. The van der Waals surface area contributed by atoms with Crippen molar-refractivity contribution in [2.24, 2.45) is 0 Å². The van der Waals surface area contributed by atoms with Crippen LogP contribution in [0.1, 0.15) is 30.3 Å². The molecule has 0 aliphatic carbocycles. The number of aromatic nitrogens is 3. The van der Waals surface area contributed by atoms with E-state index in [0.717, 1.165) is 21.0 Å². The summed E-state index contributed by atoms with van der Waals surface area (Å²) in [6.07, 6.45) is 7.11. The van der Waals surface area contributed by atoms with E-state index in [1.54, 1.807) is 29.9 Å². The van der Waals surface area contributed by atoms with E-state index in [-0.39, 0.29) is 0 Å². The third-order valence-corrected chi connectivity index (χ3v) is 4.67. The summed E-state index contributed by atoms with van der Waals surface area (Å²) in [4.78, 5) is 13.7. The van der Waals surface area contributed by atoms with Gasteiger partial charge in [-0.3, -0.25) is 4.98 Å².